The normalized spacial score (nSPS) is 16.8. The SMILES string of the molecule is O=C(c1ccc(-c2noc(C3CC3)n2)cc1)N1CCN(C(=O)c2ccco2)CC1. The van der Waals surface area contributed by atoms with Crippen molar-refractivity contribution in [3.8, 4) is 11.4 Å². The van der Waals surface area contributed by atoms with Gasteiger partial charge in [0.05, 0.1) is 6.26 Å². The highest BCUT2D eigenvalue weighted by Gasteiger charge is 2.30. The van der Waals surface area contributed by atoms with Gasteiger partial charge in [0.2, 0.25) is 11.7 Å². The molecule has 0 atom stereocenters. The second kappa shape index (κ2) is 7.20. The lowest BCUT2D eigenvalue weighted by Crippen LogP contribution is -2.50. The lowest BCUT2D eigenvalue weighted by atomic mass is 10.1. The molecule has 0 bridgehead atoms. The number of carbonyl (C=O) groups is 2. The van der Waals surface area contributed by atoms with Crippen molar-refractivity contribution in [3.63, 3.8) is 0 Å². The number of nitrogens with zero attached hydrogens (tertiary/aromatic N) is 4. The molecule has 3 aromatic rings. The molecule has 1 saturated heterocycles. The number of furan rings is 1. The van der Waals surface area contributed by atoms with Crippen LogP contribution in [0.4, 0.5) is 0 Å². The summed E-state index contributed by atoms with van der Waals surface area (Å²) in [5.74, 6) is 1.80. The molecule has 1 aliphatic carbocycles. The van der Waals surface area contributed by atoms with E-state index in [1.54, 1.807) is 34.1 Å². The average Bonchev–Trinajstić information content (AvgIpc) is 3.27. The minimum atomic E-state index is -0.142. The Balaban J connectivity index is 1.21. The Kier molecular flexibility index (Phi) is 4.38. The molecule has 2 aliphatic rings. The van der Waals surface area contributed by atoms with Gasteiger partial charge in [-0.25, -0.2) is 0 Å². The molecule has 1 saturated carbocycles. The molecule has 1 aliphatic heterocycles. The molecule has 5 rings (SSSR count). The monoisotopic (exact) mass is 392 g/mol. The molecular weight excluding hydrogens is 372 g/mol. The van der Waals surface area contributed by atoms with Crippen molar-refractivity contribution in [1.29, 1.82) is 0 Å². The summed E-state index contributed by atoms with van der Waals surface area (Å²) in [5, 5.41) is 4.03. The first-order valence-corrected chi connectivity index (χ1v) is 9.75. The van der Waals surface area contributed by atoms with Crippen molar-refractivity contribution in [1.82, 2.24) is 19.9 Å². The topological polar surface area (TPSA) is 92.7 Å². The van der Waals surface area contributed by atoms with Gasteiger partial charge in [-0.2, -0.15) is 4.98 Å². The van der Waals surface area contributed by atoms with E-state index >= 15 is 0 Å². The van der Waals surface area contributed by atoms with E-state index in [1.807, 2.05) is 12.1 Å². The maximum atomic E-state index is 12.8. The molecule has 1 aromatic carbocycles. The van der Waals surface area contributed by atoms with Crippen LogP contribution in [0.5, 0.6) is 0 Å². The number of hydrogen-bond acceptors (Lipinski definition) is 6. The van der Waals surface area contributed by atoms with Crippen LogP contribution in [0, 0.1) is 0 Å². The van der Waals surface area contributed by atoms with E-state index in [-0.39, 0.29) is 11.8 Å². The maximum Gasteiger partial charge on any atom is 0.289 e. The summed E-state index contributed by atoms with van der Waals surface area (Å²) in [7, 11) is 0. The smallest absolute Gasteiger partial charge is 0.289 e. The van der Waals surface area contributed by atoms with Crippen molar-refractivity contribution in [2.75, 3.05) is 26.2 Å². The summed E-state index contributed by atoms with van der Waals surface area (Å²) in [6.07, 6.45) is 3.70. The molecule has 8 nitrogen and oxygen atoms in total. The van der Waals surface area contributed by atoms with Crippen LogP contribution >= 0.6 is 0 Å². The summed E-state index contributed by atoms with van der Waals surface area (Å²) in [6, 6.07) is 10.6. The van der Waals surface area contributed by atoms with Crippen LogP contribution < -0.4 is 0 Å². The summed E-state index contributed by atoms with van der Waals surface area (Å²) >= 11 is 0. The first-order chi connectivity index (χ1) is 14.2. The fraction of sp³-hybridized carbons (Fsp3) is 0.333. The predicted octanol–water partition coefficient (Wildman–Crippen LogP) is 2.81. The molecule has 8 heteroatoms. The molecule has 2 fully saturated rings. The van der Waals surface area contributed by atoms with Crippen molar-refractivity contribution in [2.45, 2.75) is 18.8 Å². The number of piperazine rings is 1. The molecular formula is C21H20N4O4. The number of hydrogen-bond donors (Lipinski definition) is 0. The Morgan fingerprint density at radius 1 is 0.931 bits per heavy atom. The minimum Gasteiger partial charge on any atom is -0.459 e. The van der Waals surface area contributed by atoms with Gasteiger partial charge in [0.15, 0.2) is 5.76 Å². The molecule has 2 aromatic heterocycles. The molecule has 0 radical (unpaired) electrons. The van der Waals surface area contributed by atoms with Crippen molar-refractivity contribution >= 4 is 11.8 Å². The lowest BCUT2D eigenvalue weighted by molar-refractivity contribution is 0.0518. The summed E-state index contributed by atoms with van der Waals surface area (Å²) in [5.41, 5.74) is 1.43. The maximum absolute atomic E-state index is 12.8. The first kappa shape index (κ1) is 17.7. The third-order valence-electron chi connectivity index (χ3n) is 5.34. The van der Waals surface area contributed by atoms with Crippen molar-refractivity contribution in [3.05, 3.63) is 59.9 Å². The highest BCUT2D eigenvalue weighted by molar-refractivity contribution is 5.95. The minimum absolute atomic E-state index is 0.0478. The van der Waals surface area contributed by atoms with E-state index in [1.165, 1.54) is 6.26 Å². The van der Waals surface area contributed by atoms with E-state index in [9.17, 15) is 9.59 Å². The summed E-state index contributed by atoms with van der Waals surface area (Å²) in [6.45, 7) is 1.94. The van der Waals surface area contributed by atoms with Gasteiger partial charge >= 0.3 is 0 Å². The Hall–Kier alpha value is -3.42. The van der Waals surface area contributed by atoms with E-state index in [0.717, 1.165) is 18.4 Å². The molecule has 3 heterocycles. The highest BCUT2D eigenvalue weighted by atomic mass is 16.5. The second-order valence-electron chi connectivity index (χ2n) is 7.37. The molecule has 148 valence electrons. The van der Waals surface area contributed by atoms with Gasteiger partial charge in [-0.15, -0.1) is 0 Å². The Morgan fingerprint density at radius 2 is 1.62 bits per heavy atom. The van der Waals surface area contributed by atoms with E-state index < -0.39 is 0 Å². The lowest BCUT2D eigenvalue weighted by Gasteiger charge is -2.34. The zero-order chi connectivity index (χ0) is 19.8. The van der Waals surface area contributed by atoms with E-state index in [4.69, 9.17) is 8.94 Å². The number of rotatable bonds is 4. The predicted molar refractivity (Wildman–Crippen MR) is 102 cm³/mol. The number of aromatic nitrogens is 2. The third kappa shape index (κ3) is 3.53. The largest absolute Gasteiger partial charge is 0.459 e. The molecule has 0 spiro atoms. The van der Waals surface area contributed by atoms with Gasteiger partial charge in [0.25, 0.3) is 11.8 Å². The van der Waals surface area contributed by atoms with Gasteiger partial charge in [-0.1, -0.05) is 17.3 Å². The van der Waals surface area contributed by atoms with Gasteiger partial charge in [0, 0.05) is 43.2 Å². The van der Waals surface area contributed by atoms with Crippen LogP contribution in [0.1, 0.15) is 45.6 Å². The molecule has 0 unspecified atom stereocenters. The summed E-state index contributed by atoms with van der Waals surface area (Å²) in [4.78, 5) is 33.1. The molecule has 0 N–H and O–H groups in total. The van der Waals surface area contributed by atoms with E-state index in [0.29, 0.717) is 55.1 Å². The van der Waals surface area contributed by atoms with E-state index in [2.05, 4.69) is 10.1 Å². The zero-order valence-electron chi connectivity index (χ0n) is 15.8. The van der Waals surface area contributed by atoms with Crippen LogP contribution in [0.15, 0.2) is 51.6 Å². The zero-order valence-corrected chi connectivity index (χ0v) is 15.8. The van der Waals surface area contributed by atoms with Crippen molar-refractivity contribution < 1.29 is 18.5 Å². The quantitative estimate of drug-likeness (QED) is 0.678. The number of carbonyl (C=O) groups excluding carboxylic acids is 2. The van der Waals surface area contributed by atoms with Crippen LogP contribution in [0.3, 0.4) is 0 Å². The van der Waals surface area contributed by atoms with Crippen molar-refractivity contribution in [2.24, 2.45) is 0 Å². The van der Waals surface area contributed by atoms with Gasteiger partial charge in [0.1, 0.15) is 0 Å². The standard InChI is InChI=1S/C21H20N4O4/c26-20(24-9-11-25(12-10-24)21(27)17-2-1-13-28-17)16-7-3-14(4-8-16)18-22-19(29-23-18)15-5-6-15/h1-4,7-8,13,15H,5-6,9-12H2. The van der Waals surface area contributed by atoms with Crippen LogP contribution in [-0.2, 0) is 0 Å². The first-order valence-electron chi connectivity index (χ1n) is 9.75. The van der Waals surface area contributed by atoms with Crippen LogP contribution in [-0.4, -0.2) is 57.9 Å². The Labute approximate surface area is 167 Å². The molecule has 2 amide bonds. The fourth-order valence-corrected chi connectivity index (χ4v) is 3.46. The Morgan fingerprint density at radius 3 is 2.24 bits per heavy atom. The van der Waals surface area contributed by atoms with Crippen LogP contribution in [0.25, 0.3) is 11.4 Å². The Bertz CT molecular complexity index is 1010. The van der Waals surface area contributed by atoms with Crippen LogP contribution in [0.2, 0.25) is 0 Å². The van der Waals surface area contributed by atoms with Gasteiger partial charge < -0.3 is 18.7 Å². The highest BCUT2D eigenvalue weighted by Crippen LogP contribution is 2.39. The number of benzene rings is 1. The average molecular weight is 392 g/mol. The summed E-state index contributed by atoms with van der Waals surface area (Å²) < 4.78 is 10.5. The third-order valence-corrected chi connectivity index (χ3v) is 5.34. The second-order valence-corrected chi connectivity index (χ2v) is 7.37. The fourth-order valence-electron chi connectivity index (χ4n) is 3.46. The van der Waals surface area contributed by atoms with Gasteiger partial charge in [-0.05, 0) is 37.1 Å². The molecule has 29 heavy (non-hydrogen) atoms. The number of amides is 2. The van der Waals surface area contributed by atoms with Gasteiger partial charge in [-0.3, -0.25) is 9.59 Å².